The molecule has 1 nitrogen and oxygen atoms in total. The minimum absolute atomic E-state index is 0.962. The highest BCUT2D eigenvalue weighted by Gasteiger charge is 2.20. The van der Waals surface area contributed by atoms with Gasteiger partial charge in [-0.3, -0.25) is 0 Å². The Labute approximate surface area is 406 Å². The maximum Gasteiger partial charge on any atom is 0.0722 e. The Morgan fingerprint density at radius 1 is 0.214 bits per heavy atom. The lowest BCUT2D eigenvalue weighted by atomic mass is 9.83. The lowest BCUT2D eigenvalue weighted by Gasteiger charge is -2.20. The first-order chi connectivity index (χ1) is 34.7. The molecular formula is C69H43N. The van der Waals surface area contributed by atoms with E-state index < -0.39 is 0 Å². The van der Waals surface area contributed by atoms with Gasteiger partial charge in [0.25, 0.3) is 0 Å². The Hall–Kier alpha value is -9.17. The molecule has 0 aliphatic carbocycles. The summed E-state index contributed by atoms with van der Waals surface area (Å²) >= 11 is 0. The molecule has 0 N–H and O–H groups in total. The van der Waals surface area contributed by atoms with Crippen molar-refractivity contribution in [2.45, 2.75) is 0 Å². The zero-order valence-corrected chi connectivity index (χ0v) is 38.3. The van der Waals surface area contributed by atoms with Gasteiger partial charge in [-0.25, -0.2) is 4.98 Å². The van der Waals surface area contributed by atoms with E-state index in [0.717, 1.165) is 16.8 Å². The topological polar surface area (TPSA) is 12.9 Å². The van der Waals surface area contributed by atoms with Crippen LogP contribution in [-0.2, 0) is 0 Å². The van der Waals surface area contributed by atoms with Crippen LogP contribution in [0.15, 0.2) is 261 Å². The molecule has 1 aromatic heterocycles. The number of aromatic nitrogens is 1. The molecule has 1 heteroatoms. The smallest absolute Gasteiger partial charge is 0.0722 e. The van der Waals surface area contributed by atoms with Crippen molar-refractivity contribution in [2.75, 3.05) is 0 Å². The summed E-state index contributed by atoms with van der Waals surface area (Å²) in [5.74, 6) is 0. The fourth-order valence-electron chi connectivity index (χ4n) is 11.3. The highest BCUT2D eigenvalue weighted by Crippen LogP contribution is 2.47. The molecule has 0 unspecified atom stereocenters. The Kier molecular flexibility index (Phi) is 9.28. The molecule has 0 fully saturated rings. The second-order valence-electron chi connectivity index (χ2n) is 18.6. The van der Waals surface area contributed by atoms with E-state index in [-0.39, 0.29) is 0 Å². The summed E-state index contributed by atoms with van der Waals surface area (Å²) in [6.07, 6.45) is 0. The molecule has 324 valence electrons. The monoisotopic (exact) mass is 885 g/mol. The summed E-state index contributed by atoms with van der Waals surface area (Å²) in [6, 6.07) is 95.9. The van der Waals surface area contributed by atoms with Crippen molar-refractivity contribution in [3.05, 3.63) is 261 Å². The van der Waals surface area contributed by atoms with Crippen LogP contribution in [0.2, 0.25) is 0 Å². The number of pyridine rings is 1. The third kappa shape index (κ3) is 6.59. The van der Waals surface area contributed by atoms with Crippen LogP contribution in [0.1, 0.15) is 0 Å². The van der Waals surface area contributed by atoms with Crippen LogP contribution in [0.25, 0.3) is 142 Å². The van der Waals surface area contributed by atoms with E-state index in [1.54, 1.807) is 0 Å². The molecule has 0 saturated carbocycles. The summed E-state index contributed by atoms with van der Waals surface area (Å²) < 4.78 is 0. The average molecular weight is 886 g/mol. The zero-order valence-electron chi connectivity index (χ0n) is 38.3. The summed E-state index contributed by atoms with van der Waals surface area (Å²) in [7, 11) is 0. The SMILES string of the molecule is c1ccc(-c2cc(-c3ccc(-c4ccc(-c5ccc6c(-c7ccc8ccccc8c7)c7ccccc7c(-c7ccc8ccccc8c7)c6c5)c5ccccc45)cc3)nc3ccc4ccccc4c23)cc1. The summed E-state index contributed by atoms with van der Waals surface area (Å²) in [6.45, 7) is 0. The number of benzene rings is 13. The minimum atomic E-state index is 0.962. The quantitative estimate of drug-likeness (QED) is 0.120. The van der Waals surface area contributed by atoms with Crippen LogP contribution in [0.5, 0.6) is 0 Å². The van der Waals surface area contributed by atoms with Crippen LogP contribution in [0.3, 0.4) is 0 Å². The molecular weight excluding hydrogens is 843 g/mol. The maximum absolute atomic E-state index is 5.29. The molecule has 0 aliphatic rings. The largest absolute Gasteiger partial charge is 0.248 e. The maximum atomic E-state index is 5.29. The van der Waals surface area contributed by atoms with Crippen LogP contribution >= 0.6 is 0 Å². The second-order valence-corrected chi connectivity index (χ2v) is 18.6. The number of rotatable bonds is 6. The highest BCUT2D eigenvalue weighted by atomic mass is 14.7. The predicted octanol–water partition coefficient (Wildman–Crippen LogP) is 19.2. The standard InChI is InChI=1S/C69H43N/c1-2-16-46(17-3-1)63-43-66(70-65-39-35-47-18-8-9-21-57(47)69(63)65)49-30-28-48(29-31-49)55-37-38-56(59-23-11-10-22-58(55)59)52-34-36-62-64(42-52)68(54-33-27-45-15-5-7-20-51(45)41-54)61-25-13-12-24-60(61)67(62)53-32-26-44-14-4-6-19-50(44)40-53/h1-43H. The zero-order chi connectivity index (χ0) is 46.1. The Balaban J connectivity index is 0.918. The van der Waals surface area contributed by atoms with Crippen LogP contribution in [0.4, 0.5) is 0 Å². The van der Waals surface area contributed by atoms with Gasteiger partial charge in [-0.1, -0.05) is 231 Å². The number of hydrogen-bond acceptors (Lipinski definition) is 1. The van der Waals surface area contributed by atoms with Gasteiger partial charge >= 0.3 is 0 Å². The lowest BCUT2D eigenvalue weighted by Crippen LogP contribution is -1.93. The van der Waals surface area contributed by atoms with Gasteiger partial charge in [0.1, 0.15) is 0 Å². The summed E-state index contributed by atoms with van der Waals surface area (Å²) in [5.41, 5.74) is 15.2. The van der Waals surface area contributed by atoms with E-state index in [1.807, 2.05) is 0 Å². The molecule has 1 heterocycles. The van der Waals surface area contributed by atoms with E-state index >= 15 is 0 Å². The molecule has 14 rings (SSSR count). The van der Waals surface area contributed by atoms with E-state index in [2.05, 4.69) is 261 Å². The van der Waals surface area contributed by atoms with Gasteiger partial charge in [0.05, 0.1) is 11.2 Å². The van der Waals surface area contributed by atoms with Gasteiger partial charge in [-0.05, 0) is 151 Å². The molecule has 0 aliphatic heterocycles. The molecule has 0 amide bonds. The van der Waals surface area contributed by atoms with Gasteiger partial charge in [0.2, 0.25) is 0 Å². The first kappa shape index (κ1) is 39.9. The molecule has 14 aromatic rings. The normalized spacial score (nSPS) is 11.7. The number of fused-ring (bicyclic) bond motifs is 8. The summed E-state index contributed by atoms with van der Waals surface area (Å²) in [5, 5.41) is 16.0. The van der Waals surface area contributed by atoms with Crippen LogP contribution in [0, 0.1) is 0 Å². The van der Waals surface area contributed by atoms with Gasteiger partial charge in [0.15, 0.2) is 0 Å². The molecule has 0 saturated heterocycles. The molecule has 0 bridgehead atoms. The van der Waals surface area contributed by atoms with Crippen molar-refractivity contribution in [1.29, 1.82) is 0 Å². The van der Waals surface area contributed by atoms with E-state index in [4.69, 9.17) is 4.98 Å². The number of nitrogens with zero attached hydrogens (tertiary/aromatic N) is 1. The highest BCUT2D eigenvalue weighted by molar-refractivity contribution is 6.23. The molecule has 0 atom stereocenters. The first-order valence-corrected chi connectivity index (χ1v) is 24.2. The predicted molar refractivity (Wildman–Crippen MR) is 299 cm³/mol. The van der Waals surface area contributed by atoms with Gasteiger partial charge in [-0.2, -0.15) is 0 Å². The van der Waals surface area contributed by atoms with Crippen LogP contribution in [-0.4, -0.2) is 4.98 Å². The van der Waals surface area contributed by atoms with Gasteiger partial charge in [-0.15, -0.1) is 0 Å². The Bertz CT molecular complexity index is 4390. The fraction of sp³-hybridized carbons (Fsp3) is 0. The second kappa shape index (κ2) is 16.3. The molecule has 13 aromatic carbocycles. The third-order valence-electron chi connectivity index (χ3n) is 14.6. The average Bonchev–Trinajstić information content (AvgIpc) is 3.43. The Morgan fingerprint density at radius 2 is 0.657 bits per heavy atom. The first-order valence-electron chi connectivity index (χ1n) is 24.2. The van der Waals surface area contributed by atoms with E-state index in [1.165, 1.54) is 126 Å². The minimum Gasteiger partial charge on any atom is -0.248 e. The van der Waals surface area contributed by atoms with E-state index in [9.17, 15) is 0 Å². The van der Waals surface area contributed by atoms with Crippen molar-refractivity contribution >= 4 is 75.5 Å². The van der Waals surface area contributed by atoms with Crippen molar-refractivity contribution < 1.29 is 0 Å². The fourth-order valence-corrected chi connectivity index (χ4v) is 11.3. The lowest BCUT2D eigenvalue weighted by molar-refractivity contribution is 1.40. The van der Waals surface area contributed by atoms with Crippen molar-refractivity contribution in [3.8, 4) is 66.9 Å². The Morgan fingerprint density at radius 3 is 1.30 bits per heavy atom. The molecule has 70 heavy (non-hydrogen) atoms. The van der Waals surface area contributed by atoms with Gasteiger partial charge in [0, 0.05) is 10.9 Å². The van der Waals surface area contributed by atoms with Gasteiger partial charge < -0.3 is 0 Å². The molecule has 0 radical (unpaired) electrons. The van der Waals surface area contributed by atoms with Crippen molar-refractivity contribution in [3.63, 3.8) is 0 Å². The number of hydrogen-bond donors (Lipinski definition) is 0. The van der Waals surface area contributed by atoms with Crippen LogP contribution < -0.4 is 0 Å². The van der Waals surface area contributed by atoms with Crippen molar-refractivity contribution in [1.82, 2.24) is 4.98 Å². The third-order valence-corrected chi connectivity index (χ3v) is 14.6. The van der Waals surface area contributed by atoms with Crippen molar-refractivity contribution in [2.24, 2.45) is 0 Å². The van der Waals surface area contributed by atoms with E-state index in [0.29, 0.717) is 0 Å². The molecule has 0 spiro atoms. The summed E-state index contributed by atoms with van der Waals surface area (Å²) in [4.78, 5) is 5.29.